The normalized spacial score (nSPS) is 26.9. The molecular weight excluding hydrogens is 232 g/mol. The number of hydrogen-bond donors (Lipinski definition) is 1. The van der Waals surface area contributed by atoms with E-state index in [2.05, 4.69) is 38.2 Å². The van der Waals surface area contributed by atoms with Gasteiger partial charge in [-0.3, -0.25) is 0 Å². The van der Waals surface area contributed by atoms with Crippen LogP contribution in [0.1, 0.15) is 49.8 Å². The number of benzene rings is 1. The minimum Gasteiger partial charge on any atom is -0.310 e. The third kappa shape index (κ3) is 3.81. The first-order chi connectivity index (χ1) is 9.08. The fraction of sp³-hybridized carbons (Fsp3) is 0.588. The van der Waals surface area contributed by atoms with Crippen molar-refractivity contribution in [3.63, 3.8) is 0 Å². The Kier molecular flexibility index (Phi) is 4.61. The summed E-state index contributed by atoms with van der Waals surface area (Å²) in [5.74, 6) is 1.67. The highest BCUT2D eigenvalue weighted by atomic mass is 14.9. The molecule has 2 nitrogen and oxygen atoms in total. The van der Waals surface area contributed by atoms with Crippen LogP contribution in [0.25, 0.3) is 0 Å². The zero-order valence-corrected chi connectivity index (χ0v) is 12.2. The molecule has 19 heavy (non-hydrogen) atoms. The van der Waals surface area contributed by atoms with Crippen molar-refractivity contribution in [1.29, 1.82) is 5.26 Å². The topological polar surface area (TPSA) is 35.8 Å². The lowest BCUT2D eigenvalue weighted by Crippen LogP contribution is -2.36. The van der Waals surface area contributed by atoms with E-state index in [1.54, 1.807) is 0 Å². The van der Waals surface area contributed by atoms with Crippen LogP contribution in [0.5, 0.6) is 0 Å². The Bertz CT molecular complexity index is 463. The molecule has 2 heteroatoms. The summed E-state index contributed by atoms with van der Waals surface area (Å²) in [5, 5.41) is 12.6. The Morgan fingerprint density at radius 3 is 2.47 bits per heavy atom. The van der Waals surface area contributed by atoms with Crippen molar-refractivity contribution < 1.29 is 0 Å². The quantitative estimate of drug-likeness (QED) is 0.893. The molecule has 1 aliphatic rings. The van der Waals surface area contributed by atoms with Gasteiger partial charge in [-0.15, -0.1) is 0 Å². The maximum Gasteiger partial charge on any atom is 0.0991 e. The highest BCUT2D eigenvalue weighted by molar-refractivity contribution is 5.37. The molecule has 1 saturated carbocycles. The van der Waals surface area contributed by atoms with Gasteiger partial charge >= 0.3 is 0 Å². The highest BCUT2D eigenvalue weighted by Gasteiger charge is 2.23. The van der Waals surface area contributed by atoms with Crippen LogP contribution in [0.15, 0.2) is 18.2 Å². The molecule has 102 valence electrons. The number of aryl methyl sites for hydroxylation is 1. The summed E-state index contributed by atoms with van der Waals surface area (Å²) in [6.45, 7) is 7.72. The fourth-order valence-electron chi connectivity index (χ4n) is 3.33. The number of nitrogens with one attached hydrogen (secondary N) is 1. The van der Waals surface area contributed by atoms with E-state index in [0.29, 0.717) is 6.04 Å². The largest absolute Gasteiger partial charge is 0.310 e. The van der Waals surface area contributed by atoms with Crippen LogP contribution in [0.2, 0.25) is 0 Å². The Morgan fingerprint density at radius 2 is 1.89 bits per heavy atom. The zero-order valence-electron chi connectivity index (χ0n) is 12.2. The Morgan fingerprint density at radius 1 is 1.21 bits per heavy atom. The van der Waals surface area contributed by atoms with E-state index < -0.39 is 0 Å². The maximum absolute atomic E-state index is 8.88. The lowest BCUT2D eigenvalue weighted by atomic mass is 9.80. The maximum atomic E-state index is 8.88. The number of nitriles is 1. The van der Waals surface area contributed by atoms with E-state index in [4.69, 9.17) is 5.26 Å². The molecule has 0 aliphatic heterocycles. The van der Waals surface area contributed by atoms with Crippen molar-refractivity contribution in [2.45, 2.75) is 52.6 Å². The molecule has 1 aromatic rings. The molecule has 0 spiro atoms. The Balaban J connectivity index is 1.93. The molecular formula is C17H24N2. The molecule has 0 bridgehead atoms. The highest BCUT2D eigenvalue weighted by Crippen LogP contribution is 2.28. The van der Waals surface area contributed by atoms with Gasteiger partial charge in [-0.05, 0) is 61.3 Å². The summed E-state index contributed by atoms with van der Waals surface area (Å²) in [6.07, 6.45) is 3.95. The van der Waals surface area contributed by atoms with Crippen molar-refractivity contribution >= 4 is 0 Å². The van der Waals surface area contributed by atoms with Crippen LogP contribution < -0.4 is 5.32 Å². The molecule has 2 atom stereocenters. The van der Waals surface area contributed by atoms with Gasteiger partial charge in [0.15, 0.2) is 0 Å². The third-order valence-electron chi connectivity index (χ3n) is 4.23. The van der Waals surface area contributed by atoms with Crippen LogP contribution in [-0.4, -0.2) is 6.04 Å². The molecule has 0 radical (unpaired) electrons. The van der Waals surface area contributed by atoms with Crippen LogP contribution in [0, 0.1) is 30.1 Å². The standard InChI is InChI=1S/C17H24N2/c1-12-6-13(2)8-17(7-12)19-11-16-5-4-15(10-18)9-14(16)3/h4-5,9,12-13,17,19H,6-8,11H2,1-3H3. The van der Waals surface area contributed by atoms with E-state index in [0.717, 1.165) is 23.9 Å². The van der Waals surface area contributed by atoms with Gasteiger partial charge in [0.1, 0.15) is 0 Å². The Hall–Kier alpha value is -1.33. The lowest BCUT2D eigenvalue weighted by molar-refractivity contribution is 0.238. The summed E-state index contributed by atoms with van der Waals surface area (Å²) >= 11 is 0. The molecule has 1 N–H and O–H groups in total. The molecule has 1 fully saturated rings. The minimum atomic E-state index is 0.647. The third-order valence-corrected chi connectivity index (χ3v) is 4.23. The van der Waals surface area contributed by atoms with E-state index in [1.807, 2.05) is 12.1 Å². The predicted octanol–water partition coefficient (Wildman–Crippen LogP) is 3.78. The molecule has 2 rings (SSSR count). The smallest absolute Gasteiger partial charge is 0.0991 e. The summed E-state index contributed by atoms with van der Waals surface area (Å²) in [7, 11) is 0. The molecule has 0 aromatic heterocycles. The second-order valence-corrected chi connectivity index (χ2v) is 6.25. The molecule has 1 aliphatic carbocycles. The first-order valence-corrected chi connectivity index (χ1v) is 7.31. The van der Waals surface area contributed by atoms with E-state index in [9.17, 15) is 0 Å². The number of hydrogen-bond acceptors (Lipinski definition) is 2. The minimum absolute atomic E-state index is 0.647. The number of rotatable bonds is 3. The van der Waals surface area contributed by atoms with Crippen molar-refractivity contribution in [1.82, 2.24) is 5.32 Å². The van der Waals surface area contributed by atoms with Crippen LogP contribution in [0.3, 0.4) is 0 Å². The van der Waals surface area contributed by atoms with Gasteiger partial charge in [0.05, 0.1) is 11.6 Å². The van der Waals surface area contributed by atoms with E-state index >= 15 is 0 Å². The van der Waals surface area contributed by atoms with E-state index in [1.165, 1.54) is 30.4 Å². The van der Waals surface area contributed by atoms with Gasteiger partial charge < -0.3 is 5.32 Å². The second kappa shape index (κ2) is 6.21. The average Bonchev–Trinajstić information content (AvgIpc) is 2.36. The van der Waals surface area contributed by atoms with Crippen LogP contribution in [-0.2, 0) is 6.54 Å². The fourth-order valence-corrected chi connectivity index (χ4v) is 3.33. The van der Waals surface area contributed by atoms with Crippen LogP contribution >= 0.6 is 0 Å². The van der Waals surface area contributed by atoms with E-state index in [-0.39, 0.29) is 0 Å². The molecule has 0 heterocycles. The first-order valence-electron chi connectivity index (χ1n) is 7.31. The zero-order chi connectivity index (χ0) is 13.8. The summed E-state index contributed by atoms with van der Waals surface area (Å²) < 4.78 is 0. The predicted molar refractivity (Wildman–Crippen MR) is 78.7 cm³/mol. The average molecular weight is 256 g/mol. The molecule has 0 amide bonds. The van der Waals surface area contributed by atoms with Gasteiger partial charge in [0.2, 0.25) is 0 Å². The van der Waals surface area contributed by atoms with Crippen molar-refractivity contribution in [2.24, 2.45) is 11.8 Å². The summed E-state index contributed by atoms with van der Waals surface area (Å²) in [6, 6.07) is 8.81. The van der Waals surface area contributed by atoms with Gasteiger partial charge in [0, 0.05) is 12.6 Å². The molecule has 0 saturated heterocycles. The second-order valence-electron chi connectivity index (χ2n) is 6.25. The van der Waals surface area contributed by atoms with Gasteiger partial charge in [-0.1, -0.05) is 19.9 Å². The van der Waals surface area contributed by atoms with Gasteiger partial charge in [-0.25, -0.2) is 0 Å². The van der Waals surface area contributed by atoms with Crippen molar-refractivity contribution in [2.75, 3.05) is 0 Å². The Labute approximate surface area is 116 Å². The monoisotopic (exact) mass is 256 g/mol. The van der Waals surface area contributed by atoms with Gasteiger partial charge in [-0.2, -0.15) is 5.26 Å². The van der Waals surface area contributed by atoms with Gasteiger partial charge in [0.25, 0.3) is 0 Å². The summed E-state index contributed by atoms with van der Waals surface area (Å²) in [5.41, 5.74) is 3.27. The molecule has 2 unspecified atom stereocenters. The lowest BCUT2D eigenvalue weighted by Gasteiger charge is -2.32. The first kappa shape index (κ1) is 14.1. The van der Waals surface area contributed by atoms with Crippen molar-refractivity contribution in [3.05, 3.63) is 34.9 Å². The SMILES string of the molecule is Cc1cc(C#N)ccc1CNC1CC(C)CC(C)C1. The summed E-state index contributed by atoms with van der Waals surface area (Å²) in [4.78, 5) is 0. The van der Waals surface area contributed by atoms with Crippen molar-refractivity contribution in [3.8, 4) is 6.07 Å². The molecule has 1 aromatic carbocycles. The van der Waals surface area contributed by atoms with Crippen LogP contribution in [0.4, 0.5) is 0 Å². The number of nitrogens with zero attached hydrogens (tertiary/aromatic N) is 1.